The number of fused-ring (bicyclic) bond motifs is 1. The molecule has 0 aliphatic carbocycles. The molecule has 2 nitrogen and oxygen atoms in total. The Hall–Kier alpha value is -1.28. The lowest BCUT2D eigenvalue weighted by atomic mass is 10.1. The summed E-state index contributed by atoms with van der Waals surface area (Å²) in [5.74, 6) is 0. The standard InChI is InChI=1S/C14H20N2/c1-10(15)4-5-12-6-7-14-13(9-12)8-11(2)16(14)3/h6-10H,4-5,15H2,1-3H3. The van der Waals surface area contributed by atoms with Crippen LogP contribution in [0.3, 0.4) is 0 Å². The Morgan fingerprint density at radius 1 is 1.31 bits per heavy atom. The van der Waals surface area contributed by atoms with E-state index in [1.807, 2.05) is 0 Å². The molecule has 0 aliphatic rings. The van der Waals surface area contributed by atoms with Crippen LogP contribution in [0.15, 0.2) is 24.3 Å². The minimum Gasteiger partial charge on any atom is -0.348 e. The van der Waals surface area contributed by atoms with Gasteiger partial charge in [-0.1, -0.05) is 6.07 Å². The molecule has 0 fully saturated rings. The van der Waals surface area contributed by atoms with Gasteiger partial charge in [0.05, 0.1) is 0 Å². The van der Waals surface area contributed by atoms with Gasteiger partial charge in [-0.3, -0.25) is 0 Å². The molecule has 2 rings (SSSR count). The molecule has 0 bridgehead atoms. The molecule has 0 saturated carbocycles. The molecule has 0 spiro atoms. The highest BCUT2D eigenvalue weighted by atomic mass is 14.9. The van der Waals surface area contributed by atoms with Gasteiger partial charge in [0, 0.05) is 29.7 Å². The van der Waals surface area contributed by atoms with Gasteiger partial charge in [-0.05, 0) is 50.5 Å². The van der Waals surface area contributed by atoms with E-state index in [2.05, 4.69) is 49.7 Å². The van der Waals surface area contributed by atoms with Crippen molar-refractivity contribution in [1.82, 2.24) is 4.57 Å². The number of nitrogens with two attached hydrogens (primary N) is 1. The van der Waals surface area contributed by atoms with Gasteiger partial charge < -0.3 is 10.3 Å². The summed E-state index contributed by atoms with van der Waals surface area (Å²) in [6.45, 7) is 4.20. The number of rotatable bonds is 3. The van der Waals surface area contributed by atoms with Crippen LogP contribution in [-0.4, -0.2) is 10.6 Å². The lowest BCUT2D eigenvalue weighted by molar-refractivity contribution is 0.666. The van der Waals surface area contributed by atoms with E-state index in [9.17, 15) is 0 Å². The van der Waals surface area contributed by atoms with Gasteiger partial charge in [0.25, 0.3) is 0 Å². The van der Waals surface area contributed by atoms with Gasteiger partial charge in [-0.15, -0.1) is 0 Å². The van der Waals surface area contributed by atoms with Crippen molar-refractivity contribution in [2.75, 3.05) is 0 Å². The Balaban J connectivity index is 2.30. The summed E-state index contributed by atoms with van der Waals surface area (Å²) in [5, 5.41) is 1.34. The Kier molecular flexibility index (Phi) is 3.01. The third kappa shape index (κ3) is 2.12. The minimum atomic E-state index is 0.285. The summed E-state index contributed by atoms with van der Waals surface area (Å²) in [6.07, 6.45) is 2.12. The van der Waals surface area contributed by atoms with Crippen LogP contribution in [0.25, 0.3) is 10.9 Å². The van der Waals surface area contributed by atoms with Crippen LogP contribution in [0.5, 0.6) is 0 Å². The van der Waals surface area contributed by atoms with Gasteiger partial charge in [0.2, 0.25) is 0 Å². The van der Waals surface area contributed by atoms with Crippen LogP contribution < -0.4 is 5.73 Å². The molecule has 2 aromatic rings. The smallest absolute Gasteiger partial charge is 0.0479 e. The van der Waals surface area contributed by atoms with E-state index in [0.717, 1.165) is 12.8 Å². The average Bonchev–Trinajstić information content (AvgIpc) is 2.52. The van der Waals surface area contributed by atoms with Gasteiger partial charge >= 0.3 is 0 Å². The van der Waals surface area contributed by atoms with Crippen LogP contribution >= 0.6 is 0 Å². The quantitative estimate of drug-likeness (QED) is 0.840. The van der Waals surface area contributed by atoms with E-state index in [1.165, 1.54) is 22.2 Å². The zero-order valence-electron chi connectivity index (χ0n) is 10.3. The molecule has 1 aromatic heterocycles. The Morgan fingerprint density at radius 2 is 2.06 bits per heavy atom. The third-order valence-electron chi connectivity index (χ3n) is 3.24. The Bertz CT molecular complexity index is 495. The maximum atomic E-state index is 5.78. The van der Waals surface area contributed by atoms with Crippen molar-refractivity contribution in [3.05, 3.63) is 35.5 Å². The molecule has 2 heteroatoms. The summed E-state index contributed by atoms with van der Waals surface area (Å²) in [7, 11) is 2.11. The zero-order valence-corrected chi connectivity index (χ0v) is 10.3. The largest absolute Gasteiger partial charge is 0.348 e. The van der Waals surface area contributed by atoms with E-state index >= 15 is 0 Å². The number of aromatic nitrogens is 1. The van der Waals surface area contributed by atoms with Crippen molar-refractivity contribution in [2.45, 2.75) is 32.7 Å². The molecular formula is C14H20N2. The fourth-order valence-corrected chi connectivity index (χ4v) is 2.09. The van der Waals surface area contributed by atoms with Crippen molar-refractivity contribution in [2.24, 2.45) is 12.8 Å². The first-order chi connectivity index (χ1) is 7.58. The highest BCUT2D eigenvalue weighted by Gasteiger charge is 2.03. The predicted molar refractivity (Wildman–Crippen MR) is 69.6 cm³/mol. The predicted octanol–water partition coefficient (Wildman–Crippen LogP) is 2.77. The third-order valence-corrected chi connectivity index (χ3v) is 3.24. The van der Waals surface area contributed by atoms with Crippen molar-refractivity contribution in [1.29, 1.82) is 0 Å². The van der Waals surface area contributed by atoms with E-state index in [4.69, 9.17) is 5.73 Å². The molecule has 1 atom stereocenters. The molecule has 1 heterocycles. The fraction of sp³-hybridized carbons (Fsp3) is 0.429. The summed E-state index contributed by atoms with van der Waals surface area (Å²) in [5.41, 5.74) is 9.77. The van der Waals surface area contributed by atoms with Crippen LogP contribution in [0.4, 0.5) is 0 Å². The Labute approximate surface area is 97.1 Å². The van der Waals surface area contributed by atoms with Crippen molar-refractivity contribution < 1.29 is 0 Å². The summed E-state index contributed by atoms with van der Waals surface area (Å²) >= 11 is 0. The topological polar surface area (TPSA) is 30.9 Å². The number of nitrogens with zero attached hydrogens (tertiary/aromatic N) is 1. The summed E-state index contributed by atoms with van der Waals surface area (Å²) in [4.78, 5) is 0. The molecule has 86 valence electrons. The zero-order chi connectivity index (χ0) is 11.7. The lowest BCUT2D eigenvalue weighted by Crippen LogP contribution is -2.15. The van der Waals surface area contributed by atoms with Gasteiger partial charge in [0.15, 0.2) is 0 Å². The van der Waals surface area contributed by atoms with Crippen LogP contribution in [0.1, 0.15) is 24.6 Å². The summed E-state index contributed by atoms with van der Waals surface area (Å²) in [6, 6.07) is 9.23. The molecule has 1 unspecified atom stereocenters. The average molecular weight is 216 g/mol. The van der Waals surface area contributed by atoms with Crippen molar-refractivity contribution >= 4 is 10.9 Å². The van der Waals surface area contributed by atoms with Crippen molar-refractivity contribution in [3.8, 4) is 0 Å². The lowest BCUT2D eigenvalue weighted by Gasteiger charge is -2.05. The molecule has 0 saturated heterocycles. The second kappa shape index (κ2) is 4.30. The molecular weight excluding hydrogens is 196 g/mol. The van der Waals surface area contributed by atoms with Crippen LogP contribution in [0.2, 0.25) is 0 Å². The molecule has 1 aromatic carbocycles. The fourth-order valence-electron chi connectivity index (χ4n) is 2.09. The molecule has 16 heavy (non-hydrogen) atoms. The first kappa shape index (κ1) is 11.2. The number of hydrogen-bond acceptors (Lipinski definition) is 1. The molecule has 0 aliphatic heterocycles. The highest BCUT2D eigenvalue weighted by Crippen LogP contribution is 2.20. The minimum absolute atomic E-state index is 0.285. The Morgan fingerprint density at radius 3 is 2.75 bits per heavy atom. The monoisotopic (exact) mass is 216 g/mol. The second-order valence-electron chi connectivity index (χ2n) is 4.75. The molecule has 0 amide bonds. The maximum Gasteiger partial charge on any atom is 0.0479 e. The number of benzene rings is 1. The normalized spacial score (nSPS) is 13.2. The van der Waals surface area contributed by atoms with Crippen LogP contribution in [-0.2, 0) is 13.5 Å². The molecule has 0 radical (unpaired) electrons. The number of aryl methyl sites for hydroxylation is 3. The highest BCUT2D eigenvalue weighted by molar-refractivity contribution is 5.81. The maximum absolute atomic E-state index is 5.78. The van der Waals surface area contributed by atoms with E-state index in [0.29, 0.717) is 0 Å². The van der Waals surface area contributed by atoms with Gasteiger partial charge in [-0.25, -0.2) is 0 Å². The van der Waals surface area contributed by atoms with E-state index in [-0.39, 0.29) is 6.04 Å². The second-order valence-corrected chi connectivity index (χ2v) is 4.75. The van der Waals surface area contributed by atoms with Crippen LogP contribution in [0, 0.1) is 6.92 Å². The summed E-state index contributed by atoms with van der Waals surface area (Å²) < 4.78 is 2.23. The first-order valence-corrected chi connectivity index (χ1v) is 5.88. The molecule has 2 N–H and O–H groups in total. The SMILES string of the molecule is Cc1cc2cc(CCC(C)N)ccc2n1C. The van der Waals surface area contributed by atoms with E-state index in [1.54, 1.807) is 0 Å². The van der Waals surface area contributed by atoms with Gasteiger partial charge in [-0.2, -0.15) is 0 Å². The van der Waals surface area contributed by atoms with E-state index < -0.39 is 0 Å². The number of hydrogen-bond donors (Lipinski definition) is 1. The van der Waals surface area contributed by atoms with Gasteiger partial charge in [0.1, 0.15) is 0 Å². The first-order valence-electron chi connectivity index (χ1n) is 5.88. The van der Waals surface area contributed by atoms with Crippen molar-refractivity contribution in [3.63, 3.8) is 0 Å².